The van der Waals surface area contributed by atoms with Crippen LogP contribution in [0, 0.1) is 25.8 Å². The van der Waals surface area contributed by atoms with Crippen LogP contribution >= 0.6 is 0 Å². The van der Waals surface area contributed by atoms with Crippen molar-refractivity contribution >= 4 is 43.5 Å². The van der Waals surface area contributed by atoms with E-state index in [1.54, 1.807) is 12.1 Å². The molecule has 0 saturated carbocycles. The predicted molar refractivity (Wildman–Crippen MR) is 213 cm³/mol. The van der Waals surface area contributed by atoms with E-state index in [1.807, 2.05) is 12.3 Å². The number of furan rings is 1. The largest absolute Gasteiger partial charge is 0.500 e. The maximum absolute atomic E-state index is 7.28. The van der Waals surface area contributed by atoms with Gasteiger partial charge in [-0.3, -0.25) is 0 Å². The number of fused-ring (bicyclic) bond motifs is 7. The Kier molecular flexibility index (Phi) is 7.76. The average molecular weight is 857 g/mol. The Morgan fingerprint density at radius 3 is 2.15 bits per heavy atom. The molecule has 0 aliphatic heterocycles. The molecule has 0 saturated heterocycles. The predicted octanol–water partition coefficient (Wildman–Crippen LogP) is 12.9. The molecule has 52 heavy (non-hydrogen) atoms. The van der Waals surface area contributed by atoms with Gasteiger partial charge in [0.15, 0.2) is 0 Å². The molecule has 9 rings (SSSR count). The van der Waals surface area contributed by atoms with Gasteiger partial charge in [-0.1, -0.05) is 130 Å². The van der Waals surface area contributed by atoms with Gasteiger partial charge in [-0.15, -0.1) is 53.6 Å². The standard InChI is InChI=1S/C35H26NO.C13H12N.Ir/c1-35(2,3)26-16-13-22(14-17-26)25-19-20-36-31(21-25)30-10-6-9-28-29-18-15-24-12-11-23-7-4-5-8-27(23)32(24)34(29)37-33(28)30;1-10-3-6-12(7-4-10)13-8-5-11(2)9-14-13;/h4-9,11-21H,1-3H3;3-6,8-9H,1-2H3;/q2*-1;/i;1D3,2D3;. The van der Waals surface area contributed by atoms with Crippen molar-refractivity contribution in [2.45, 2.75) is 39.9 Å². The minimum atomic E-state index is -2.18. The molecule has 6 aromatic carbocycles. The fourth-order valence-corrected chi connectivity index (χ4v) is 6.52. The van der Waals surface area contributed by atoms with Crippen LogP contribution in [0.5, 0.6) is 0 Å². The van der Waals surface area contributed by atoms with Gasteiger partial charge in [0.05, 0.1) is 5.58 Å². The second-order valence-corrected chi connectivity index (χ2v) is 13.7. The number of aromatic nitrogens is 2. The van der Waals surface area contributed by atoms with E-state index >= 15 is 0 Å². The average Bonchev–Trinajstić information content (AvgIpc) is 3.59. The van der Waals surface area contributed by atoms with Crippen LogP contribution < -0.4 is 0 Å². The Morgan fingerprint density at radius 1 is 0.635 bits per heavy atom. The summed E-state index contributed by atoms with van der Waals surface area (Å²) in [5.74, 6) is 0. The molecule has 0 bridgehead atoms. The van der Waals surface area contributed by atoms with Gasteiger partial charge in [-0.2, -0.15) is 0 Å². The van der Waals surface area contributed by atoms with Crippen molar-refractivity contribution in [2.75, 3.05) is 0 Å². The Bertz CT molecular complexity index is 2840. The Hall–Kier alpha value is -5.41. The second kappa shape index (κ2) is 14.3. The zero-order valence-electron chi connectivity index (χ0n) is 34.9. The van der Waals surface area contributed by atoms with Gasteiger partial charge in [0.2, 0.25) is 0 Å². The smallest absolute Gasteiger partial charge is 0.129 e. The first-order chi connectivity index (χ1) is 27.1. The molecule has 3 nitrogen and oxygen atoms in total. The molecule has 0 spiro atoms. The summed E-state index contributed by atoms with van der Waals surface area (Å²) in [5.41, 5.74) is 8.78. The van der Waals surface area contributed by atoms with E-state index in [9.17, 15) is 0 Å². The topological polar surface area (TPSA) is 38.9 Å². The Labute approximate surface area is 327 Å². The minimum Gasteiger partial charge on any atom is -0.500 e. The second-order valence-electron chi connectivity index (χ2n) is 13.7. The third kappa shape index (κ3) is 6.80. The summed E-state index contributed by atoms with van der Waals surface area (Å²) in [5, 5.41) is 6.94. The first-order valence-corrected chi connectivity index (χ1v) is 16.9. The van der Waals surface area contributed by atoms with Crippen LogP contribution in [0.25, 0.3) is 77.1 Å². The van der Waals surface area contributed by atoms with E-state index in [0.717, 1.165) is 44.1 Å². The van der Waals surface area contributed by atoms with E-state index in [4.69, 9.17) is 17.6 Å². The quantitative estimate of drug-likeness (QED) is 0.131. The van der Waals surface area contributed by atoms with Crippen molar-refractivity contribution in [2.24, 2.45) is 0 Å². The number of rotatable bonds is 3. The molecule has 0 aliphatic carbocycles. The number of benzene rings is 6. The molecule has 0 amide bonds. The van der Waals surface area contributed by atoms with E-state index in [2.05, 4.69) is 129 Å². The van der Waals surface area contributed by atoms with Crippen molar-refractivity contribution < 1.29 is 32.7 Å². The Morgan fingerprint density at radius 2 is 1.40 bits per heavy atom. The number of aryl methyl sites for hydroxylation is 2. The normalized spacial score (nSPS) is 13.6. The summed E-state index contributed by atoms with van der Waals surface area (Å²) in [4.78, 5) is 8.81. The van der Waals surface area contributed by atoms with Gasteiger partial charge in [-0.05, 0) is 68.1 Å². The number of pyridine rings is 2. The van der Waals surface area contributed by atoms with Gasteiger partial charge in [0.1, 0.15) is 5.58 Å². The van der Waals surface area contributed by atoms with Gasteiger partial charge >= 0.3 is 0 Å². The third-order valence-corrected chi connectivity index (χ3v) is 9.26. The fourth-order valence-electron chi connectivity index (χ4n) is 6.52. The zero-order chi connectivity index (χ0) is 40.1. The molecule has 3 heterocycles. The van der Waals surface area contributed by atoms with Crippen LogP contribution in [0.3, 0.4) is 0 Å². The summed E-state index contributed by atoms with van der Waals surface area (Å²) in [6.07, 6.45) is 3.18. The van der Waals surface area contributed by atoms with Crippen molar-refractivity contribution in [3.05, 3.63) is 169 Å². The molecular weight excluding hydrogens is 813 g/mol. The van der Waals surface area contributed by atoms with Crippen LogP contribution in [0.1, 0.15) is 45.7 Å². The van der Waals surface area contributed by atoms with Gasteiger partial charge in [0.25, 0.3) is 0 Å². The van der Waals surface area contributed by atoms with Crippen molar-refractivity contribution in [3.63, 3.8) is 0 Å². The first-order valence-electron chi connectivity index (χ1n) is 19.9. The van der Waals surface area contributed by atoms with Crippen LogP contribution in [-0.4, -0.2) is 9.97 Å². The summed E-state index contributed by atoms with van der Waals surface area (Å²) < 4.78 is 50.3. The summed E-state index contributed by atoms with van der Waals surface area (Å²) in [6, 6.07) is 48.2. The van der Waals surface area contributed by atoms with E-state index < -0.39 is 13.7 Å². The number of hydrogen-bond donors (Lipinski definition) is 0. The van der Waals surface area contributed by atoms with Crippen LogP contribution in [-0.2, 0) is 25.5 Å². The van der Waals surface area contributed by atoms with Gasteiger partial charge in [-0.25, -0.2) is 0 Å². The fraction of sp³-hybridized carbons (Fsp3) is 0.125. The molecule has 0 N–H and O–H groups in total. The van der Waals surface area contributed by atoms with Gasteiger partial charge < -0.3 is 14.4 Å². The molecule has 0 atom stereocenters. The van der Waals surface area contributed by atoms with E-state index in [1.165, 1.54) is 51.7 Å². The molecule has 4 heteroatoms. The molecular formula is C48H38IrN2O-2. The molecule has 0 fully saturated rings. The van der Waals surface area contributed by atoms with Gasteiger partial charge in [0, 0.05) is 51.5 Å². The summed E-state index contributed by atoms with van der Waals surface area (Å²) >= 11 is 0. The molecule has 9 aromatic rings. The SMILES string of the molecule is CC(C)(C)c1ccc(-c2ccnc(-c3[c-]ccc4c3oc3c4ccc4ccc5ccccc5c43)c2)cc1.[2H]C([2H])([2H])c1c[c-]c(-c2ccc(C([2H])([2H])[2H])cn2)cc1.[Ir]. The molecule has 3 aromatic heterocycles. The zero-order valence-corrected chi connectivity index (χ0v) is 31.3. The van der Waals surface area contributed by atoms with Crippen LogP contribution in [0.2, 0.25) is 0 Å². The Balaban J connectivity index is 0.000000208. The van der Waals surface area contributed by atoms with Crippen LogP contribution in [0.4, 0.5) is 0 Å². The van der Waals surface area contributed by atoms with Crippen molar-refractivity contribution in [3.8, 4) is 33.6 Å². The third-order valence-electron chi connectivity index (χ3n) is 9.26. The van der Waals surface area contributed by atoms with E-state index in [0.29, 0.717) is 11.3 Å². The summed E-state index contributed by atoms with van der Waals surface area (Å²) in [7, 11) is 0. The molecule has 0 unspecified atom stereocenters. The number of nitrogens with zero attached hydrogens (tertiary/aromatic N) is 2. The first kappa shape index (κ1) is 28.2. The summed E-state index contributed by atoms with van der Waals surface area (Å²) in [6.45, 7) is 2.38. The molecule has 0 aliphatic rings. The minimum absolute atomic E-state index is 0. The van der Waals surface area contributed by atoms with Crippen molar-refractivity contribution in [1.29, 1.82) is 0 Å². The van der Waals surface area contributed by atoms with E-state index in [-0.39, 0.29) is 36.6 Å². The molecule has 1 radical (unpaired) electrons. The molecule has 257 valence electrons. The van der Waals surface area contributed by atoms with Crippen molar-refractivity contribution in [1.82, 2.24) is 9.97 Å². The maximum atomic E-state index is 7.28. The monoisotopic (exact) mass is 857 g/mol. The maximum Gasteiger partial charge on any atom is 0.129 e. The number of hydrogen-bond acceptors (Lipinski definition) is 3. The van der Waals surface area contributed by atoms with Crippen LogP contribution in [0.15, 0.2) is 144 Å².